The lowest BCUT2D eigenvalue weighted by Crippen LogP contribution is -2.24. The van der Waals surface area contributed by atoms with Crippen LogP contribution in [0.25, 0.3) is 11.5 Å². The Morgan fingerprint density at radius 3 is 2.81 bits per heavy atom. The maximum atomic E-state index is 12.1. The number of amides is 1. The van der Waals surface area contributed by atoms with Gasteiger partial charge in [0.25, 0.3) is 0 Å². The van der Waals surface area contributed by atoms with E-state index >= 15 is 0 Å². The summed E-state index contributed by atoms with van der Waals surface area (Å²) >= 11 is 5.93. The predicted molar refractivity (Wildman–Crippen MR) is 79.9 cm³/mol. The molecule has 0 bridgehead atoms. The van der Waals surface area contributed by atoms with Crippen LogP contribution in [-0.2, 0) is 4.79 Å². The third kappa shape index (κ3) is 3.42. The van der Waals surface area contributed by atoms with Crippen molar-refractivity contribution in [2.45, 2.75) is 32.1 Å². The summed E-state index contributed by atoms with van der Waals surface area (Å²) < 4.78 is 5.47. The maximum Gasteiger partial charge on any atom is 0.322 e. The van der Waals surface area contributed by atoms with E-state index in [4.69, 9.17) is 16.0 Å². The van der Waals surface area contributed by atoms with Crippen LogP contribution < -0.4 is 5.32 Å². The van der Waals surface area contributed by atoms with E-state index in [9.17, 15) is 4.79 Å². The number of anilines is 1. The number of aromatic nitrogens is 2. The molecule has 21 heavy (non-hydrogen) atoms. The van der Waals surface area contributed by atoms with Gasteiger partial charge in [-0.05, 0) is 31.0 Å². The van der Waals surface area contributed by atoms with Crippen LogP contribution in [0.3, 0.4) is 0 Å². The second-order valence-corrected chi connectivity index (χ2v) is 5.68. The van der Waals surface area contributed by atoms with Gasteiger partial charge in [-0.1, -0.05) is 42.0 Å². The molecular weight excluding hydrogens is 290 g/mol. The topological polar surface area (TPSA) is 68.0 Å². The molecular formula is C15H16ClN3O2. The summed E-state index contributed by atoms with van der Waals surface area (Å²) in [6, 6.07) is 7.28. The van der Waals surface area contributed by atoms with Gasteiger partial charge in [0.05, 0.1) is 0 Å². The molecule has 1 N–H and O–H groups in total. The fourth-order valence-corrected chi connectivity index (χ4v) is 2.77. The maximum absolute atomic E-state index is 12.1. The fraction of sp³-hybridized carbons (Fsp3) is 0.400. The molecule has 0 radical (unpaired) electrons. The van der Waals surface area contributed by atoms with Gasteiger partial charge in [0.15, 0.2) is 0 Å². The summed E-state index contributed by atoms with van der Waals surface area (Å²) in [6.45, 7) is 0. The van der Waals surface area contributed by atoms with Crippen LogP contribution in [-0.4, -0.2) is 16.1 Å². The van der Waals surface area contributed by atoms with Gasteiger partial charge in [0.2, 0.25) is 11.8 Å². The Hall–Kier alpha value is -1.88. The SMILES string of the molecule is O=C(Nc1nnc(-c2cccc(Cl)c2)o1)C1CCCCC1. The summed E-state index contributed by atoms with van der Waals surface area (Å²) in [5, 5.41) is 11.1. The minimum Gasteiger partial charge on any atom is -0.403 e. The zero-order valence-corrected chi connectivity index (χ0v) is 12.3. The Bertz CT molecular complexity index is 635. The Labute approximate surface area is 127 Å². The average Bonchev–Trinajstić information content (AvgIpc) is 2.97. The van der Waals surface area contributed by atoms with Gasteiger partial charge in [0, 0.05) is 16.5 Å². The number of halogens is 1. The lowest BCUT2D eigenvalue weighted by atomic mass is 9.89. The van der Waals surface area contributed by atoms with Crippen molar-refractivity contribution in [3.63, 3.8) is 0 Å². The molecule has 1 aromatic heterocycles. The second kappa shape index (κ2) is 6.26. The minimum absolute atomic E-state index is 0.0315. The van der Waals surface area contributed by atoms with Crippen molar-refractivity contribution in [1.29, 1.82) is 0 Å². The summed E-state index contributed by atoms with van der Waals surface area (Å²) in [4.78, 5) is 12.1. The van der Waals surface area contributed by atoms with E-state index in [1.165, 1.54) is 6.42 Å². The molecule has 1 aliphatic rings. The van der Waals surface area contributed by atoms with Crippen LogP contribution in [0.15, 0.2) is 28.7 Å². The number of hydrogen-bond acceptors (Lipinski definition) is 4. The van der Waals surface area contributed by atoms with Crippen molar-refractivity contribution < 1.29 is 9.21 Å². The van der Waals surface area contributed by atoms with E-state index < -0.39 is 0 Å². The number of carbonyl (C=O) groups excluding carboxylic acids is 1. The molecule has 0 atom stereocenters. The second-order valence-electron chi connectivity index (χ2n) is 5.25. The molecule has 110 valence electrons. The Kier molecular flexibility index (Phi) is 4.20. The normalized spacial score (nSPS) is 15.9. The zero-order chi connectivity index (χ0) is 14.7. The van der Waals surface area contributed by atoms with Gasteiger partial charge in [-0.25, -0.2) is 0 Å². The first kappa shape index (κ1) is 14.1. The average molecular weight is 306 g/mol. The molecule has 1 saturated carbocycles. The molecule has 0 saturated heterocycles. The molecule has 1 aliphatic carbocycles. The van der Waals surface area contributed by atoms with Crippen LogP contribution in [0.1, 0.15) is 32.1 Å². The number of benzene rings is 1. The van der Waals surface area contributed by atoms with Crippen molar-refractivity contribution in [3.05, 3.63) is 29.3 Å². The zero-order valence-electron chi connectivity index (χ0n) is 11.5. The third-order valence-electron chi connectivity index (χ3n) is 3.70. The predicted octanol–water partition coefficient (Wildman–Crippen LogP) is 3.91. The molecule has 0 spiro atoms. The van der Waals surface area contributed by atoms with Crippen LogP contribution in [0.2, 0.25) is 5.02 Å². The molecule has 5 nitrogen and oxygen atoms in total. The van der Waals surface area contributed by atoms with Crippen molar-refractivity contribution in [3.8, 4) is 11.5 Å². The summed E-state index contributed by atoms with van der Waals surface area (Å²) in [7, 11) is 0. The largest absolute Gasteiger partial charge is 0.403 e. The summed E-state index contributed by atoms with van der Waals surface area (Å²) in [6.07, 6.45) is 5.29. The van der Waals surface area contributed by atoms with Crippen LogP contribution in [0.4, 0.5) is 6.01 Å². The highest BCUT2D eigenvalue weighted by Gasteiger charge is 2.22. The number of rotatable bonds is 3. The van der Waals surface area contributed by atoms with E-state index in [2.05, 4.69) is 15.5 Å². The highest BCUT2D eigenvalue weighted by molar-refractivity contribution is 6.30. The molecule has 2 aromatic rings. The van der Waals surface area contributed by atoms with Gasteiger partial charge in [0.1, 0.15) is 0 Å². The number of nitrogens with zero attached hydrogens (tertiary/aromatic N) is 2. The smallest absolute Gasteiger partial charge is 0.322 e. The monoisotopic (exact) mass is 305 g/mol. The van der Waals surface area contributed by atoms with Crippen LogP contribution in [0, 0.1) is 5.92 Å². The van der Waals surface area contributed by atoms with E-state index in [1.807, 2.05) is 12.1 Å². The number of carbonyl (C=O) groups is 1. The first-order valence-electron chi connectivity index (χ1n) is 7.13. The van der Waals surface area contributed by atoms with E-state index in [0.29, 0.717) is 10.9 Å². The molecule has 1 fully saturated rings. The Morgan fingerprint density at radius 2 is 2.05 bits per heavy atom. The quantitative estimate of drug-likeness (QED) is 0.933. The first-order chi connectivity index (χ1) is 10.2. The van der Waals surface area contributed by atoms with Gasteiger partial charge in [-0.2, -0.15) is 0 Å². The lowest BCUT2D eigenvalue weighted by Gasteiger charge is -2.19. The lowest BCUT2D eigenvalue weighted by molar-refractivity contribution is -0.120. The van der Waals surface area contributed by atoms with Crippen molar-refractivity contribution in [1.82, 2.24) is 10.2 Å². The standard InChI is InChI=1S/C15H16ClN3O2/c16-12-8-4-7-11(9-12)14-18-19-15(21-14)17-13(20)10-5-2-1-3-6-10/h4,7-10H,1-3,5-6H2,(H,17,19,20). The molecule has 3 rings (SSSR count). The molecule has 0 aliphatic heterocycles. The third-order valence-corrected chi connectivity index (χ3v) is 3.94. The number of hydrogen-bond donors (Lipinski definition) is 1. The molecule has 1 aromatic carbocycles. The first-order valence-corrected chi connectivity index (χ1v) is 7.50. The molecule has 1 heterocycles. The van der Waals surface area contributed by atoms with Crippen LogP contribution in [0.5, 0.6) is 0 Å². The Balaban J connectivity index is 1.69. The van der Waals surface area contributed by atoms with Crippen LogP contribution >= 0.6 is 11.6 Å². The highest BCUT2D eigenvalue weighted by Crippen LogP contribution is 2.26. The Morgan fingerprint density at radius 1 is 1.24 bits per heavy atom. The fourth-order valence-electron chi connectivity index (χ4n) is 2.58. The molecule has 6 heteroatoms. The van der Waals surface area contributed by atoms with Gasteiger partial charge < -0.3 is 4.42 Å². The highest BCUT2D eigenvalue weighted by atomic mass is 35.5. The van der Waals surface area contributed by atoms with E-state index in [1.54, 1.807) is 12.1 Å². The summed E-state index contributed by atoms with van der Waals surface area (Å²) in [5.41, 5.74) is 0.730. The molecule has 1 amide bonds. The van der Waals surface area contributed by atoms with Crippen molar-refractivity contribution in [2.24, 2.45) is 5.92 Å². The van der Waals surface area contributed by atoms with Gasteiger partial charge >= 0.3 is 6.01 Å². The van der Waals surface area contributed by atoms with E-state index in [0.717, 1.165) is 31.2 Å². The van der Waals surface area contributed by atoms with Gasteiger partial charge in [-0.15, -0.1) is 5.10 Å². The van der Waals surface area contributed by atoms with E-state index in [-0.39, 0.29) is 17.8 Å². The van der Waals surface area contributed by atoms with Gasteiger partial charge in [-0.3, -0.25) is 10.1 Å². The summed E-state index contributed by atoms with van der Waals surface area (Å²) in [5.74, 6) is 0.368. The minimum atomic E-state index is -0.0315. The van der Waals surface area contributed by atoms with Crippen molar-refractivity contribution in [2.75, 3.05) is 5.32 Å². The number of nitrogens with one attached hydrogen (secondary N) is 1. The van der Waals surface area contributed by atoms with Crippen molar-refractivity contribution >= 4 is 23.5 Å². The molecule has 0 unspecified atom stereocenters.